The van der Waals surface area contributed by atoms with E-state index in [-0.39, 0.29) is 5.92 Å². The van der Waals surface area contributed by atoms with Crippen LogP contribution in [0.2, 0.25) is 0 Å². The van der Waals surface area contributed by atoms with Crippen molar-refractivity contribution in [2.24, 2.45) is 0 Å². The molecule has 1 aliphatic heterocycles. The molecule has 7 heteroatoms. The van der Waals surface area contributed by atoms with Crippen molar-refractivity contribution in [1.29, 1.82) is 0 Å². The molecule has 1 unspecified atom stereocenters. The number of rotatable bonds is 5. The van der Waals surface area contributed by atoms with E-state index in [0.717, 1.165) is 24.8 Å². The fraction of sp³-hybridized carbons (Fsp3) is 0.412. The van der Waals surface area contributed by atoms with Gasteiger partial charge in [0.1, 0.15) is 12.1 Å². The fourth-order valence-electron chi connectivity index (χ4n) is 2.70. The summed E-state index contributed by atoms with van der Waals surface area (Å²) in [5.41, 5.74) is 0.949. The summed E-state index contributed by atoms with van der Waals surface area (Å²) >= 11 is 0. The van der Waals surface area contributed by atoms with Crippen molar-refractivity contribution in [1.82, 2.24) is 9.97 Å². The SMILES string of the molecule is FC(F)(F)c1cccc(CCNc2cc(C3CCOC3)ncn2)c1. The normalized spacial score (nSPS) is 17.9. The highest BCUT2D eigenvalue weighted by Gasteiger charge is 2.30. The fourth-order valence-corrected chi connectivity index (χ4v) is 2.70. The van der Waals surface area contributed by atoms with Crippen LogP contribution in [0.1, 0.15) is 29.2 Å². The summed E-state index contributed by atoms with van der Waals surface area (Å²) in [6.07, 6.45) is -1.38. The second kappa shape index (κ2) is 7.17. The number of hydrogen-bond donors (Lipinski definition) is 1. The van der Waals surface area contributed by atoms with Crippen molar-refractivity contribution in [2.75, 3.05) is 25.1 Å². The van der Waals surface area contributed by atoms with E-state index in [1.54, 1.807) is 6.07 Å². The highest BCUT2D eigenvalue weighted by molar-refractivity contribution is 5.36. The van der Waals surface area contributed by atoms with E-state index in [2.05, 4.69) is 15.3 Å². The van der Waals surface area contributed by atoms with Gasteiger partial charge in [-0.15, -0.1) is 0 Å². The lowest BCUT2D eigenvalue weighted by molar-refractivity contribution is -0.137. The maximum absolute atomic E-state index is 12.7. The molecule has 0 bridgehead atoms. The Balaban J connectivity index is 1.58. The van der Waals surface area contributed by atoms with Crippen molar-refractivity contribution < 1.29 is 17.9 Å². The minimum Gasteiger partial charge on any atom is -0.381 e. The molecule has 0 aliphatic carbocycles. The number of benzene rings is 1. The average Bonchev–Trinajstić information content (AvgIpc) is 3.09. The molecule has 24 heavy (non-hydrogen) atoms. The molecule has 0 radical (unpaired) electrons. The van der Waals surface area contributed by atoms with Gasteiger partial charge >= 0.3 is 6.18 Å². The first-order chi connectivity index (χ1) is 11.5. The van der Waals surface area contributed by atoms with Gasteiger partial charge in [-0.3, -0.25) is 0 Å². The standard InChI is InChI=1S/C17H18F3N3O/c18-17(19,20)14-3-1-2-12(8-14)4-6-21-16-9-15(22-11-23-16)13-5-7-24-10-13/h1-3,8-9,11,13H,4-7,10H2,(H,21,22,23). The van der Waals surface area contributed by atoms with E-state index in [1.807, 2.05) is 6.07 Å². The van der Waals surface area contributed by atoms with Crippen molar-refractivity contribution in [2.45, 2.75) is 24.9 Å². The summed E-state index contributed by atoms with van der Waals surface area (Å²) in [4.78, 5) is 8.43. The lowest BCUT2D eigenvalue weighted by Crippen LogP contribution is -2.10. The Morgan fingerprint density at radius 2 is 2.08 bits per heavy atom. The Hall–Kier alpha value is -2.15. The first-order valence-electron chi connectivity index (χ1n) is 7.82. The molecular formula is C17H18F3N3O. The quantitative estimate of drug-likeness (QED) is 0.905. The second-order valence-electron chi connectivity index (χ2n) is 5.76. The molecular weight excluding hydrogens is 319 g/mol. The zero-order valence-corrected chi connectivity index (χ0v) is 13.0. The van der Waals surface area contributed by atoms with Gasteiger partial charge < -0.3 is 10.1 Å². The molecule has 3 rings (SSSR count). The number of halogens is 3. The predicted molar refractivity (Wildman–Crippen MR) is 83.8 cm³/mol. The van der Waals surface area contributed by atoms with Gasteiger partial charge in [-0.1, -0.05) is 18.2 Å². The van der Waals surface area contributed by atoms with E-state index in [9.17, 15) is 13.2 Å². The van der Waals surface area contributed by atoms with Crippen LogP contribution in [0.4, 0.5) is 19.0 Å². The van der Waals surface area contributed by atoms with Crippen LogP contribution >= 0.6 is 0 Å². The van der Waals surface area contributed by atoms with Crippen molar-refractivity contribution in [3.05, 3.63) is 53.5 Å². The monoisotopic (exact) mass is 337 g/mol. The van der Waals surface area contributed by atoms with Crippen LogP contribution < -0.4 is 5.32 Å². The van der Waals surface area contributed by atoms with E-state index in [1.165, 1.54) is 18.5 Å². The molecule has 1 N–H and O–H groups in total. The Bertz CT molecular complexity index is 685. The van der Waals surface area contributed by atoms with E-state index in [4.69, 9.17) is 4.74 Å². The maximum atomic E-state index is 12.7. The predicted octanol–water partition coefficient (Wildman–Crippen LogP) is 3.65. The van der Waals surface area contributed by atoms with E-state index < -0.39 is 11.7 Å². The molecule has 1 atom stereocenters. The molecule has 2 aromatic rings. The van der Waals surface area contributed by atoms with Gasteiger partial charge in [0.15, 0.2) is 0 Å². The highest BCUT2D eigenvalue weighted by Crippen LogP contribution is 2.29. The molecule has 1 aromatic heterocycles. The molecule has 1 aliphatic rings. The number of nitrogens with zero attached hydrogens (tertiary/aromatic N) is 2. The smallest absolute Gasteiger partial charge is 0.381 e. The molecule has 0 amide bonds. The van der Waals surface area contributed by atoms with Crippen molar-refractivity contribution in [3.63, 3.8) is 0 Å². The Labute approximate surface area is 138 Å². The number of ether oxygens (including phenoxy) is 1. The summed E-state index contributed by atoms with van der Waals surface area (Å²) in [5.74, 6) is 0.968. The number of alkyl halides is 3. The van der Waals surface area contributed by atoms with Crippen LogP contribution in [0.15, 0.2) is 36.7 Å². The molecule has 128 valence electrons. The number of aromatic nitrogens is 2. The van der Waals surface area contributed by atoms with Crippen LogP contribution in [0.3, 0.4) is 0 Å². The van der Waals surface area contributed by atoms with Gasteiger partial charge in [0.2, 0.25) is 0 Å². The second-order valence-corrected chi connectivity index (χ2v) is 5.76. The lowest BCUT2D eigenvalue weighted by atomic mass is 10.0. The van der Waals surface area contributed by atoms with Gasteiger partial charge in [-0.2, -0.15) is 13.2 Å². The lowest BCUT2D eigenvalue weighted by Gasteiger charge is -2.11. The van der Waals surface area contributed by atoms with Gasteiger partial charge in [0.05, 0.1) is 17.9 Å². The number of hydrogen-bond acceptors (Lipinski definition) is 4. The minimum absolute atomic E-state index is 0.289. The highest BCUT2D eigenvalue weighted by atomic mass is 19.4. The summed E-state index contributed by atoms with van der Waals surface area (Å²) in [6, 6.07) is 7.27. The van der Waals surface area contributed by atoms with Crippen LogP contribution in [0.5, 0.6) is 0 Å². The number of nitrogens with one attached hydrogen (secondary N) is 1. The zero-order chi connectivity index (χ0) is 17.0. The molecule has 4 nitrogen and oxygen atoms in total. The molecule has 0 spiro atoms. The summed E-state index contributed by atoms with van der Waals surface area (Å²) in [7, 11) is 0. The van der Waals surface area contributed by atoms with Gasteiger partial charge in [0, 0.05) is 25.1 Å². The van der Waals surface area contributed by atoms with Gasteiger partial charge in [-0.05, 0) is 24.5 Å². The topological polar surface area (TPSA) is 47.0 Å². The zero-order valence-electron chi connectivity index (χ0n) is 13.0. The maximum Gasteiger partial charge on any atom is 0.416 e. The van der Waals surface area contributed by atoms with Crippen LogP contribution in [-0.4, -0.2) is 29.7 Å². The Morgan fingerprint density at radius 3 is 2.83 bits per heavy atom. The average molecular weight is 337 g/mol. The molecule has 0 saturated carbocycles. The first-order valence-corrected chi connectivity index (χ1v) is 7.82. The third-order valence-corrected chi connectivity index (χ3v) is 4.01. The van der Waals surface area contributed by atoms with Gasteiger partial charge in [-0.25, -0.2) is 9.97 Å². The largest absolute Gasteiger partial charge is 0.416 e. The Kier molecular flexibility index (Phi) is 4.99. The van der Waals surface area contributed by atoms with Gasteiger partial charge in [0.25, 0.3) is 0 Å². The third kappa shape index (κ3) is 4.23. The summed E-state index contributed by atoms with van der Waals surface area (Å²) in [6.45, 7) is 1.91. The first kappa shape index (κ1) is 16.7. The van der Waals surface area contributed by atoms with Crippen LogP contribution in [-0.2, 0) is 17.3 Å². The van der Waals surface area contributed by atoms with Crippen molar-refractivity contribution >= 4 is 5.82 Å². The van der Waals surface area contributed by atoms with E-state index >= 15 is 0 Å². The van der Waals surface area contributed by atoms with Crippen molar-refractivity contribution in [3.8, 4) is 0 Å². The van der Waals surface area contributed by atoms with Crippen LogP contribution in [0, 0.1) is 0 Å². The molecule has 1 fully saturated rings. The third-order valence-electron chi connectivity index (χ3n) is 4.01. The minimum atomic E-state index is -4.31. The summed E-state index contributed by atoms with van der Waals surface area (Å²) in [5, 5.41) is 3.14. The number of anilines is 1. The molecule has 1 aromatic carbocycles. The molecule has 1 saturated heterocycles. The van der Waals surface area contributed by atoms with Crippen LogP contribution in [0.25, 0.3) is 0 Å². The summed E-state index contributed by atoms with van der Waals surface area (Å²) < 4.78 is 43.5. The Morgan fingerprint density at radius 1 is 1.21 bits per heavy atom. The van der Waals surface area contributed by atoms with E-state index in [0.29, 0.717) is 31.0 Å². The molecule has 2 heterocycles.